The standard InChI is InChI=1S/C26H29N3O5S/c1-26(2,3)34-25(30)28-19-9-7-18(8-10-19)24-22(14-27)21-12-11-20(33-16-35(4,31)32)13-23(21)29(24)15-17-5-6-17/h7-13,17H,5-6,15-16H2,1-4H3,(H,28,30). The van der Waals surface area contributed by atoms with Crippen LogP contribution in [0.25, 0.3) is 22.2 Å². The SMILES string of the molecule is CC(C)(C)OC(=O)Nc1ccc(-c2c(C#N)c3ccc(OCS(C)(=O)=O)cc3n2CC2CC2)cc1. The third-order valence-corrected chi connectivity index (χ3v) is 6.07. The summed E-state index contributed by atoms with van der Waals surface area (Å²) < 4.78 is 36.0. The van der Waals surface area contributed by atoms with Gasteiger partial charge in [0.15, 0.2) is 15.8 Å². The topological polar surface area (TPSA) is 110 Å². The molecule has 1 amide bonds. The van der Waals surface area contributed by atoms with Gasteiger partial charge in [0.05, 0.1) is 16.8 Å². The van der Waals surface area contributed by atoms with Gasteiger partial charge < -0.3 is 14.0 Å². The fourth-order valence-electron chi connectivity index (χ4n) is 3.89. The van der Waals surface area contributed by atoms with Gasteiger partial charge in [0.25, 0.3) is 0 Å². The highest BCUT2D eigenvalue weighted by Gasteiger charge is 2.27. The molecule has 0 radical (unpaired) electrons. The van der Waals surface area contributed by atoms with E-state index in [9.17, 15) is 18.5 Å². The van der Waals surface area contributed by atoms with Gasteiger partial charge in [-0.1, -0.05) is 12.1 Å². The molecule has 0 bridgehead atoms. The van der Waals surface area contributed by atoms with Crippen LogP contribution in [-0.2, 0) is 21.1 Å². The quantitative estimate of drug-likeness (QED) is 0.475. The van der Waals surface area contributed by atoms with Crippen molar-refractivity contribution in [3.63, 3.8) is 0 Å². The lowest BCUT2D eigenvalue weighted by atomic mass is 10.1. The lowest BCUT2D eigenvalue weighted by Crippen LogP contribution is -2.27. The molecule has 0 unspecified atom stereocenters. The number of carbonyl (C=O) groups is 1. The molecule has 3 aromatic rings. The Kier molecular flexibility index (Phi) is 6.52. The van der Waals surface area contributed by atoms with Gasteiger partial charge in [0.2, 0.25) is 0 Å². The fraction of sp³-hybridized carbons (Fsp3) is 0.385. The normalized spacial score (nSPS) is 13.9. The Hall–Kier alpha value is -3.51. The zero-order valence-electron chi connectivity index (χ0n) is 20.3. The highest BCUT2D eigenvalue weighted by atomic mass is 32.2. The molecule has 1 heterocycles. The molecule has 1 aliphatic rings. The third-order valence-electron chi connectivity index (χ3n) is 5.53. The summed E-state index contributed by atoms with van der Waals surface area (Å²) in [6.07, 6.45) is 2.84. The molecule has 1 aromatic heterocycles. The van der Waals surface area contributed by atoms with Gasteiger partial charge in [-0.2, -0.15) is 5.26 Å². The van der Waals surface area contributed by atoms with E-state index in [0.29, 0.717) is 22.9 Å². The second kappa shape index (κ2) is 9.27. The Morgan fingerprint density at radius 1 is 1.17 bits per heavy atom. The smallest absolute Gasteiger partial charge is 0.412 e. The number of nitrogens with zero attached hydrogens (tertiary/aromatic N) is 2. The van der Waals surface area contributed by atoms with Crippen LogP contribution in [-0.4, -0.2) is 36.9 Å². The van der Waals surface area contributed by atoms with Crippen LogP contribution in [0.1, 0.15) is 39.2 Å². The predicted octanol–water partition coefficient (Wildman–Crippen LogP) is 5.32. The van der Waals surface area contributed by atoms with Crippen LogP contribution in [0.3, 0.4) is 0 Å². The number of amides is 1. The lowest BCUT2D eigenvalue weighted by molar-refractivity contribution is 0.0636. The molecular weight excluding hydrogens is 466 g/mol. The number of hydrogen-bond donors (Lipinski definition) is 1. The number of hydrogen-bond acceptors (Lipinski definition) is 6. The van der Waals surface area contributed by atoms with Gasteiger partial charge in [-0.25, -0.2) is 13.2 Å². The summed E-state index contributed by atoms with van der Waals surface area (Å²) in [6.45, 7) is 6.15. The van der Waals surface area contributed by atoms with E-state index in [1.54, 1.807) is 51.1 Å². The highest BCUT2D eigenvalue weighted by Crippen LogP contribution is 2.39. The minimum atomic E-state index is -3.29. The predicted molar refractivity (Wildman–Crippen MR) is 135 cm³/mol. The highest BCUT2D eigenvalue weighted by molar-refractivity contribution is 7.90. The molecule has 1 aliphatic carbocycles. The van der Waals surface area contributed by atoms with E-state index in [1.807, 2.05) is 12.1 Å². The molecule has 0 saturated heterocycles. The zero-order valence-corrected chi connectivity index (χ0v) is 21.1. The first-order valence-electron chi connectivity index (χ1n) is 11.4. The first kappa shape index (κ1) is 24.6. The van der Waals surface area contributed by atoms with Crippen LogP contribution in [0, 0.1) is 17.2 Å². The number of benzene rings is 2. The maximum Gasteiger partial charge on any atom is 0.412 e. The summed E-state index contributed by atoms with van der Waals surface area (Å²) in [7, 11) is -3.29. The molecular formula is C26H29N3O5S. The Labute approximate surface area is 205 Å². The van der Waals surface area contributed by atoms with Gasteiger partial charge in [-0.05, 0) is 69.4 Å². The molecule has 1 N–H and O–H groups in total. The van der Waals surface area contributed by atoms with Crippen LogP contribution >= 0.6 is 0 Å². The zero-order chi connectivity index (χ0) is 25.4. The van der Waals surface area contributed by atoms with E-state index in [2.05, 4.69) is 16.0 Å². The van der Waals surface area contributed by atoms with Crippen LogP contribution in [0.5, 0.6) is 5.75 Å². The summed E-state index contributed by atoms with van der Waals surface area (Å²) in [6, 6.07) is 14.9. The lowest BCUT2D eigenvalue weighted by Gasteiger charge is -2.19. The number of nitriles is 1. The van der Waals surface area contributed by atoms with Gasteiger partial charge in [-0.3, -0.25) is 5.32 Å². The van der Waals surface area contributed by atoms with Crippen molar-refractivity contribution in [3.8, 4) is 23.1 Å². The van der Waals surface area contributed by atoms with Crippen molar-refractivity contribution in [2.45, 2.75) is 45.8 Å². The molecule has 184 valence electrons. The van der Waals surface area contributed by atoms with Gasteiger partial charge in [0.1, 0.15) is 17.4 Å². The number of ether oxygens (including phenoxy) is 2. The molecule has 8 nitrogen and oxygen atoms in total. The summed E-state index contributed by atoms with van der Waals surface area (Å²) in [4.78, 5) is 12.1. The number of sulfone groups is 1. The van der Waals surface area contributed by atoms with Crippen molar-refractivity contribution in [2.24, 2.45) is 5.92 Å². The third kappa shape index (κ3) is 6.14. The molecule has 2 aromatic carbocycles. The second-order valence-electron chi connectivity index (χ2n) is 9.96. The van der Waals surface area contributed by atoms with E-state index in [-0.39, 0.29) is 0 Å². The molecule has 9 heteroatoms. The minimum absolute atomic E-state index is 0.411. The number of anilines is 1. The molecule has 1 saturated carbocycles. The van der Waals surface area contributed by atoms with Crippen molar-refractivity contribution in [1.82, 2.24) is 4.57 Å². The van der Waals surface area contributed by atoms with Gasteiger partial charge in [-0.15, -0.1) is 0 Å². The Morgan fingerprint density at radius 2 is 1.86 bits per heavy atom. The average Bonchev–Trinajstić information content (AvgIpc) is 3.52. The number of rotatable bonds is 7. The van der Waals surface area contributed by atoms with E-state index in [0.717, 1.165) is 47.8 Å². The van der Waals surface area contributed by atoms with E-state index in [4.69, 9.17) is 9.47 Å². The van der Waals surface area contributed by atoms with Crippen LogP contribution in [0.4, 0.5) is 10.5 Å². The number of carbonyl (C=O) groups excluding carboxylic acids is 1. The summed E-state index contributed by atoms with van der Waals surface area (Å²) >= 11 is 0. The monoisotopic (exact) mass is 495 g/mol. The van der Waals surface area contributed by atoms with Crippen molar-refractivity contribution in [2.75, 3.05) is 17.5 Å². The van der Waals surface area contributed by atoms with Gasteiger partial charge in [0, 0.05) is 29.9 Å². The molecule has 0 spiro atoms. The van der Waals surface area contributed by atoms with Crippen molar-refractivity contribution < 1.29 is 22.7 Å². The second-order valence-corrected chi connectivity index (χ2v) is 12.0. The van der Waals surface area contributed by atoms with Gasteiger partial charge >= 0.3 is 6.09 Å². The van der Waals surface area contributed by atoms with Crippen LogP contribution < -0.4 is 10.1 Å². The van der Waals surface area contributed by atoms with E-state index >= 15 is 0 Å². The molecule has 0 aliphatic heterocycles. The average molecular weight is 496 g/mol. The largest absolute Gasteiger partial charge is 0.478 e. The first-order valence-corrected chi connectivity index (χ1v) is 13.5. The van der Waals surface area contributed by atoms with E-state index in [1.165, 1.54) is 0 Å². The molecule has 1 fully saturated rings. The molecule has 0 atom stereocenters. The maximum atomic E-state index is 12.1. The fourth-order valence-corrected chi connectivity index (χ4v) is 4.24. The number of aromatic nitrogens is 1. The van der Waals surface area contributed by atoms with E-state index < -0.39 is 27.5 Å². The van der Waals surface area contributed by atoms with Crippen molar-refractivity contribution >= 4 is 32.5 Å². The van der Waals surface area contributed by atoms with Crippen LogP contribution in [0.2, 0.25) is 0 Å². The number of fused-ring (bicyclic) bond motifs is 1. The minimum Gasteiger partial charge on any atom is -0.478 e. The molecule has 35 heavy (non-hydrogen) atoms. The summed E-state index contributed by atoms with van der Waals surface area (Å²) in [5.41, 5.74) is 2.99. The summed E-state index contributed by atoms with van der Waals surface area (Å²) in [5, 5.41) is 13.6. The Morgan fingerprint density at radius 3 is 2.43 bits per heavy atom. The van der Waals surface area contributed by atoms with Crippen molar-refractivity contribution in [3.05, 3.63) is 48.0 Å². The first-order chi connectivity index (χ1) is 16.4. The van der Waals surface area contributed by atoms with Crippen LogP contribution in [0.15, 0.2) is 42.5 Å². The summed E-state index contributed by atoms with van der Waals surface area (Å²) in [5.74, 6) is 0.557. The Bertz CT molecular complexity index is 1410. The van der Waals surface area contributed by atoms with Crippen molar-refractivity contribution in [1.29, 1.82) is 5.26 Å². The number of nitrogens with one attached hydrogen (secondary N) is 1. The Balaban J connectivity index is 1.72. The molecule has 4 rings (SSSR count). The maximum absolute atomic E-state index is 12.1.